The van der Waals surface area contributed by atoms with Crippen LogP contribution in [0.3, 0.4) is 0 Å². The van der Waals surface area contributed by atoms with Gasteiger partial charge in [0.1, 0.15) is 11.4 Å². The molecule has 0 saturated heterocycles. The van der Waals surface area contributed by atoms with Crippen LogP contribution in [0.15, 0.2) is 82.9 Å². The van der Waals surface area contributed by atoms with E-state index in [1.54, 1.807) is 5.01 Å². The van der Waals surface area contributed by atoms with Crippen molar-refractivity contribution >= 4 is 28.5 Å². The Morgan fingerprint density at radius 1 is 1.06 bits per heavy atom. The van der Waals surface area contributed by atoms with Gasteiger partial charge >= 0.3 is 0 Å². The first kappa shape index (κ1) is 21.3. The number of carbonyl (C=O) groups is 1. The zero-order valence-corrected chi connectivity index (χ0v) is 19.3. The van der Waals surface area contributed by atoms with Gasteiger partial charge in [-0.2, -0.15) is 0 Å². The maximum Gasteiger partial charge on any atom is 0.276 e. The van der Waals surface area contributed by atoms with E-state index in [-0.39, 0.29) is 5.91 Å². The highest BCUT2D eigenvalue weighted by molar-refractivity contribution is 8.13. The first-order valence-corrected chi connectivity index (χ1v) is 11.9. The fourth-order valence-electron chi connectivity index (χ4n) is 3.88. The second kappa shape index (κ2) is 9.11. The number of amides is 1. The monoisotopic (exact) mass is 456 g/mol. The van der Waals surface area contributed by atoms with E-state index in [1.165, 1.54) is 22.9 Å². The molecule has 1 atom stereocenters. The Kier molecular flexibility index (Phi) is 5.88. The smallest absolute Gasteiger partial charge is 0.276 e. The molecule has 2 aliphatic rings. The number of hydrazone groups is 1. The van der Waals surface area contributed by atoms with E-state index in [4.69, 9.17) is 14.8 Å². The standard InChI is InChI=1S/C26H24N4O2S/c1-3-32-20-8-6-7-19(15-20)24-27-22-10-5-4-9-21(22)23-25(31)28-26(29-30(23)24)33-16-18-13-11-17(2)12-14-18/h4-15,24H,3,16H2,1-2H3,(H,28,29,31)/t24-/m1/s1. The fraction of sp³-hybridized carbons (Fsp3) is 0.192. The molecular formula is C26H24N4O2S. The van der Waals surface area contributed by atoms with Gasteiger partial charge in [-0.05, 0) is 37.6 Å². The minimum atomic E-state index is -0.462. The summed E-state index contributed by atoms with van der Waals surface area (Å²) in [6.07, 6.45) is -0.462. The van der Waals surface area contributed by atoms with Crippen molar-refractivity contribution in [1.29, 1.82) is 0 Å². The van der Waals surface area contributed by atoms with Crippen LogP contribution in [0.2, 0.25) is 0 Å². The number of nitrogens with zero attached hydrogens (tertiary/aromatic N) is 3. The molecule has 0 aliphatic carbocycles. The van der Waals surface area contributed by atoms with Gasteiger partial charge in [0.05, 0.1) is 12.0 Å². The molecule has 0 unspecified atom stereocenters. The maximum atomic E-state index is 13.3. The van der Waals surface area contributed by atoms with Gasteiger partial charge in [-0.3, -0.25) is 15.1 Å². The Hall–Kier alpha value is -3.58. The molecule has 3 aromatic carbocycles. The first-order valence-electron chi connectivity index (χ1n) is 10.9. The third-order valence-electron chi connectivity index (χ3n) is 5.48. The third kappa shape index (κ3) is 4.36. The van der Waals surface area contributed by atoms with Crippen molar-refractivity contribution < 1.29 is 9.53 Å². The van der Waals surface area contributed by atoms with E-state index >= 15 is 0 Å². The Morgan fingerprint density at radius 3 is 2.70 bits per heavy atom. The first-order chi connectivity index (χ1) is 16.1. The zero-order chi connectivity index (χ0) is 22.8. The summed E-state index contributed by atoms with van der Waals surface area (Å²) < 4.78 is 5.69. The van der Waals surface area contributed by atoms with Crippen molar-refractivity contribution in [2.45, 2.75) is 25.8 Å². The number of thioether (sulfide) groups is 1. The van der Waals surface area contributed by atoms with Crippen molar-refractivity contribution in [2.24, 2.45) is 10.1 Å². The largest absolute Gasteiger partial charge is 0.494 e. The molecule has 33 heavy (non-hydrogen) atoms. The molecule has 0 bridgehead atoms. The van der Waals surface area contributed by atoms with Crippen molar-refractivity contribution in [3.63, 3.8) is 0 Å². The van der Waals surface area contributed by atoms with Crippen LogP contribution in [-0.2, 0) is 10.5 Å². The van der Waals surface area contributed by atoms with Crippen molar-refractivity contribution in [2.75, 3.05) is 6.61 Å². The van der Waals surface area contributed by atoms with Crippen molar-refractivity contribution in [3.05, 3.63) is 100 Å². The van der Waals surface area contributed by atoms with Gasteiger partial charge in [-0.15, -0.1) is 5.10 Å². The molecule has 2 heterocycles. The highest BCUT2D eigenvalue weighted by Crippen LogP contribution is 2.32. The summed E-state index contributed by atoms with van der Waals surface area (Å²) in [6, 6.07) is 23.9. The quantitative estimate of drug-likeness (QED) is 0.639. The average Bonchev–Trinajstić information content (AvgIpc) is 2.83. The van der Waals surface area contributed by atoms with E-state index in [9.17, 15) is 4.79 Å². The van der Waals surface area contributed by atoms with Crippen LogP contribution in [0.25, 0.3) is 5.70 Å². The number of carbonyl (C=O) groups excluding carboxylic acids is 1. The van der Waals surface area contributed by atoms with Crippen LogP contribution in [0, 0.1) is 6.92 Å². The highest BCUT2D eigenvalue weighted by atomic mass is 32.2. The molecule has 166 valence electrons. The molecule has 1 N–H and O–H groups in total. The van der Waals surface area contributed by atoms with Gasteiger partial charge in [-0.25, -0.2) is 5.01 Å². The van der Waals surface area contributed by atoms with Gasteiger partial charge < -0.3 is 4.74 Å². The summed E-state index contributed by atoms with van der Waals surface area (Å²) in [7, 11) is 0. The predicted octanol–water partition coefficient (Wildman–Crippen LogP) is 3.47. The molecule has 2 aliphatic heterocycles. The average molecular weight is 457 g/mol. The second-order valence-electron chi connectivity index (χ2n) is 7.85. The summed E-state index contributed by atoms with van der Waals surface area (Å²) >= 11 is 1.50. The molecule has 0 radical (unpaired) electrons. The summed E-state index contributed by atoms with van der Waals surface area (Å²) in [5, 5.41) is 11.7. The lowest BCUT2D eigenvalue weighted by Gasteiger charge is -2.34. The van der Waals surface area contributed by atoms with E-state index in [0.29, 0.717) is 23.2 Å². The number of aryl methyl sites for hydroxylation is 1. The Morgan fingerprint density at radius 2 is 1.88 bits per heavy atom. The number of para-hydroxylation sites is 1. The molecular weight excluding hydrogens is 432 g/mol. The van der Waals surface area contributed by atoms with Crippen LogP contribution in [0.5, 0.6) is 5.75 Å². The lowest BCUT2D eigenvalue weighted by molar-refractivity contribution is -0.116. The molecule has 0 aromatic heterocycles. The van der Waals surface area contributed by atoms with Crippen molar-refractivity contribution in [3.8, 4) is 5.75 Å². The third-order valence-corrected chi connectivity index (χ3v) is 6.41. The van der Waals surface area contributed by atoms with Gasteiger partial charge in [0.2, 0.25) is 0 Å². The lowest BCUT2D eigenvalue weighted by atomic mass is 10.1. The number of amidine groups is 1. The number of hydrogen-bond donors (Lipinski definition) is 1. The minimum absolute atomic E-state index is 0.176. The van der Waals surface area contributed by atoms with E-state index in [2.05, 4.69) is 36.5 Å². The van der Waals surface area contributed by atoms with Gasteiger partial charge in [0.15, 0.2) is 11.3 Å². The molecule has 3 aromatic rings. The lowest BCUT2D eigenvalue weighted by Crippen LogP contribution is -2.50. The molecule has 5 rings (SSSR count). The zero-order valence-electron chi connectivity index (χ0n) is 18.5. The molecule has 1 amide bonds. The molecule has 7 heteroatoms. The SMILES string of the molecule is CCOc1cccc([C@@H]2N=c3ccccc3=C3C(=O)NC(SCc4ccc(C)cc4)=NN32)c1. The summed E-state index contributed by atoms with van der Waals surface area (Å²) in [6.45, 7) is 4.60. The number of nitrogens with one attached hydrogen (secondary N) is 1. The van der Waals surface area contributed by atoms with Crippen LogP contribution in [0.1, 0.15) is 29.8 Å². The normalized spacial score (nSPS) is 16.8. The van der Waals surface area contributed by atoms with Gasteiger partial charge in [0, 0.05) is 16.5 Å². The van der Waals surface area contributed by atoms with Crippen LogP contribution >= 0.6 is 11.8 Å². The summed E-state index contributed by atoms with van der Waals surface area (Å²) in [4.78, 5) is 18.2. The van der Waals surface area contributed by atoms with E-state index in [0.717, 1.165) is 21.9 Å². The number of hydrogen-bond acceptors (Lipinski definition) is 6. The second-order valence-corrected chi connectivity index (χ2v) is 8.82. The number of benzene rings is 3. The number of fused-ring (bicyclic) bond motifs is 2. The van der Waals surface area contributed by atoms with E-state index < -0.39 is 6.17 Å². The van der Waals surface area contributed by atoms with Crippen molar-refractivity contribution in [1.82, 2.24) is 10.3 Å². The number of ether oxygens (including phenoxy) is 1. The van der Waals surface area contributed by atoms with Gasteiger partial charge in [-0.1, -0.05) is 71.9 Å². The fourth-order valence-corrected chi connectivity index (χ4v) is 4.68. The van der Waals surface area contributed by atoms with E-state index in [1.807, 2.05) is 55.5 Å². The summed E-state index contributed by atoms with van der Waals surface area (Å²) in [5.41, 5.74) is 3.81. The molecule has 0 fully saturated rings. The van der Waals surface area contributed by atoms with Crippen LogP contribution in [-0.4, -0.2) is 22.7 Å². The highest BCUT2D eigenvalue weighted by Gasteiger charge is 2.34. The Bertz CT molecular complexity index is 1350. The predicted molar refractivity (Wildman–Crippen MR) is 131 cm³/mol. The topological polar surface area (TPSA) is 66.3 Å². The molecule has 0 spiro atoms. The molecule has 0 saturated carbocycles. The minimum Gasteiger partial charge on any atom is -0.494 e. The Labute approximate surface area is 196 Å². The number of rotatable bonds is 5. The molecule has 6 nitrogen and oxygen atoms in total. The van der Waals surface area contributed by atoms with Gasteiger partial charge in [0.25, 0.3) is 5.91 Å². The Balaban J connectivity index is 1.54. The summed E-state index contributed by atoms with van der Waals surface area (Å²) in [5.74, 6) is 1.30. The van der Waals surface area contributed by atoms with Crippen LogP contribution < -0.4 is 20.6 Å². The van der Waals surface area contributed by atoms with Crippen LogP contribution in [0.4, 0.5) is 0 Å². The maximum absolute atomic E-state index is 13.3.